The summed E-state index contributed by atoms with van der Waals surface area (Å²) in [5.74, 6) is -0.832. The molecule has 0 aliphatic heterocycles. The van der Waals surface area contributed by atoms with Gasteiger partial charge in [0.2, 0.25) is 0 Å². The summed E-state index contributed by atoms with van der Waals surface area (Å²) in [7, 11) is 0. The fourth-order valence-corrected chi connectivity index (χ4v) is 2.05. The average molecular weight is 283 g/mol. The summed E-state index contributed by atoms with van der Waals surface area (Å²) in [6.45, 7) is 1.74. The van der Waals surface area contributed by atoms with E-state index in [-0.39, 0.29) is 16.4 Å². The monoisotopic (exact) mass is 282 g/mol. The molecule has 4 heteroatoms. The maximum absolute atomic E-state index is 13.2. The van der Waals surface area contributed by atoms with Gasteiger partial charge in [-0.05, 0) is 36.8 Å². The third-order valence-corrected chi connectivity index (χ3v) is 3.42. The number of halogens is 3. The van der Waals surface area contributed by atoms with E-state index in [4.69, 9.17) is 23.2 Å². The zero-order valence-corrected chi connectivity index (χ0v) is 11.0. The third-order valence-electron chi connectivity index (χ3n) is 2.69. The van der Waals surface area contributed by atoms with Crippen LogP contribution in [-0.2, 0) is 0 Å². The van der Waals surface area contributed by atoms with Gasteiger partial charge < -0.3 is 0 Å². The van der Waals surface area contributed by atoms with Crippen LogP contribution in [0.1, 0.15) is 21.5 Å². The highest BCUT2D eigenvalue weighted by atomic mass is 35.5. The molecule has 0 bridgehead atoms. The van der Waals surface area contributed by atoms with E-state index in [1.807, 2.05) is 0 Å². The highest BCUT2D eigenvalue weighted by molar-refractivity contribution is 6.35. The number of carbonyl (C=O) groups is 1. The van der Waals surface area contributed by atoms with Crippen molar-refractivity contribution in [1.29, 1.82) is 0 Å². The maximum atomic E-state index is 13.2. The predicted octanol–water partition coefficient (Wildman–Crippen LogP) is 4.67. The van der Waals surface area contributed by atoms with Crippen LogP contribution in [-0.4, -0.2) is 5.78 Å². The molecule has 0 saturated carbocycles. The molecular weight excluding hydrogens is 274 g/mol. The van der Waals surface area contributed by atoms with E-state index in [0.717, 1.165) is 6.07 Å². The summed E-state index contributed by atoms with van der Waals surface area (Å²) in [5, 5.41) is 0.717. The van der Waals surface area contributed by atoms with E-state index >= 15 is 0 Å². The largest absolute Gasteiger partial charge is 0.289 e. The van der Waals surface area contributed by atoms with Crippen molar-refractivity contribution < 1.29 is 9.18 Å². The quantitative estimate of drug-likeness (QED) is 0.732. The Labute approximate surface area is 114 Å². The number of ketones is 1. The van der Waals surface area contributed by atoms with E-state index < -0.39 is 5.82 Å². The zero-order valence-electron chi connectivity index (χ0n) is 9.51. The molecule has 2 rings (SSSR count). The van der Waals surface area contributed by atoms with Crippen LogP contribution >= 0.6 is 23.2 Å². The molecule has 0 amide bonds. The maximum Gasteiger partial charge on any atom is 0.194 e. The average Bonchev–Trinajstić information content (AvgIpc) is 2.35. The van der Waals surface area contributed by atoms with E-state index in [1.54, 1.807) is 25.1 Å². The lowest BCUT2D eigenvalue weighted by Crippen LogP contribution is -2.05. The molecule has 0 spiro atoms. The highest BCUT2D eigenvalue weighted by Gasteiger charge is 2.16. The van der Waals surface area contributed by atoms with Gasteiger partial charge >= 0.3 is 0 Å². The van der Waals surface area contributed by atoms with Crippen molar-refractivity contribution in [3.8, 4) is 0 Å². The Balaban J connectivity index is 2.55. The van der Waals surface area contributed by atoms with E-state index in [1.165, 1.54) is 12.1 Å². The molecule has 0 aliphatic carbocycles. The van der Waals surface area contributed by atoms with Crippen LogP contribution in [0.15, 0.2) is 36.4 Å². The number of hydrogen-bond acceptors (Lipinski definition) is 1. The van der Waals surface area contributed by atoms with Crippen LogP contribution in [0.5, 0.6) is 0 Å². The smallest absolute Gasteiger partial charge is 0.194 e. The number of carbonyl (C=O) groups excluding carboxylic acids is 1. The van der Waals surface area contributed by atoms with Crippen LogP contribution in [0.3, 0.4) is 0 Å². The molecule has 0 fully saturated rings. The molecule has 92 valence electrons. The first-order valence-electron chi connectivity index (χ1n) is 5.25. The van der Waals surface area contributed by atoms with Crippen LogP contribution in [0.25, 0.3) is 0 Å². The summed E-state index contributed by atoms with van der Waals surface area (Å²) in [6, 6.07) is 8.72. The van der Waals surface area contributed by atoms with E-state index in [2.05, 4.69) is 0 Å². The normalized spacial score (nSPS) is 10.4. The molecule has 2 aromatic carbocycles. The Hall–Kier alpha value is -1.38. The van der Waals surface area contributed by atoms with Crippen LogP contribution in [0.4, 0.5) is 4.39 Å². The second-order valence-electron chi connectivity index (χ2n) is 3.87. The SMILES string of the molecule is Cc1c(Cl)cccc1C(=O)c1cc(F)ccc1Cl. The van der Waals surface area contributed by atoms with Gasteiger partial charge in [-0.15, -0.1) is 0 Å². The minimum atomic E-state index is -0.498. The number of rotatable bonds is 2. The van der Waals surface area contributed by atoms with Crippen molar-refractivity contribution in [2.24, 2.45) is 0 Å². The Morgan fingerprint density at radius 2 is 1.78 bits per heavy atom. The zero-order chi connectivity index (χ0) is 13.3. The van der Waals surface area contributed by atoms with Gasteiger partial charge in [-0.3, -0.25) is 4.79 Å². The minimum absolute atomic E-state index is 0.141. The molecule has 0 atom stereocenters. The van der Waals surface area contributed by atoms with Crippen LogP contribution < -0.4 is 0 Å². The van der Waals surface area contributed by atoms with Crippen LogP contribution in [0, 0.1) is 12.7 Å². The topological polar surface area (TPSA) is 17.1 Å². The lowest BCUT2D eigenvalue weighted by Gasteiger charge is -2.08. The standard InChI is InChI=1S/C14H9Cl2FO/c1-8-10(3-2-4-12(8)15)14(18)11-7-9(17)5-6-13(11)16/h2-7H,1H3. The van der Waals surface area contributed by atoms with Crippen molar-refractivity contribution in [2.45, 2.75) is 6.92 Å². The molecule has 0 heterocycles. The molecule has 0 aliphatic rings. The van der Waals surface area contributed by atoms with E-state index in [0.29, 0.717) is 16.1 Å². The van der Waals surface area contributed by atoms with Gasteiger partial charge in [0.05, 0.1) is 5.02 Å². The fourth-order valence-electron chi connectivity index (χ4n) is 1.67. The Morgan fingerprint density at radius 3 is 2.50 bits per heavy atom. The summed E-state index contributed by atoms with van der Waals surface area (Å²) in [4.78, 5) is 12.3. The summed E-state index contributed by atoms with van der Waals surface area (Å²) >= 11 is 11.9. The van der Waals surface area contributed by atoms with Crippen molar-refractivity contribution >= 4 is 29.0 Å². The van der Waals surface area contributed by atoms with Gasteiger partial charge in [-0.1, -0.05) is 35.3 Å². The molecule has 0 unspecified atom stereocenters. The predicted molar refractivity (Wildman–Crippen MR) is 71.0 cm³/mol. The molecular formula is C14H9Cl2FO. The van der Waals surface area contributed by atoms with Gasteiger partial charge in [0.1, 0.15) is 5.82 Å². The molecule has 1 nitrogen and oxygen atoms in total. The lowest BCUT2D eigenvalue weighted by molar-refractivity contribution is 0.103. The highest BCUT2D eigenvalue weighted by Crippen LogP contribution is 2.25. The fraction of sp³-hybridized carbons (Fsp3) is 0.0714. The first-order chi connectivity index (χ1) is 8.50. The summed E-state index contributed by atoms with van der Waals surface area (Å²) in [6.07, 6.45) is 0. The van der Waals surface area contributed by atoms with Crippen LogP contribution in [0.2, 0.25) is 10.0 Å². The van der Waals surface area contributed by atoms with Gasteiger partial charge in [-0.2, -0.15) is 0 Å². The summed E-state index contributed by atoms with van der Waals surface area (Å²) in [5.41, 5.74) is 1.22. The van der Waals surface area contributed by atoms with Crippen molar-refractivity contribution in [2.75, 3.05) is 0 Å². The number of benzene rings is 2. The van der Waals surface area contributed by atoms with Gasteiger partial charge in [0.25, 0.3) is 0 Å². The van der Waals surface area contributed by atoms with Crippen molar-refractivity contribution in [3.05, 3.63) is 69.0 Å². The molecule has 0 radical (unpaired) electrons. The van der Waals surface area contributed by atoms with Gasteiger partial charge in [-0.25, -0.2) is 4.39 Å². The Morgan fingerprint density at radius 1 is 1.06 bits per heavy atom. The molecule has 0 saturated heterocycles. The Kier molecular flexibility index (Phi) is 3.69. The first-order valence-corrected chi connectivity index (χ1v) is 6.01. The van der Waals surface area contributed by atoms with Crippen molar-refractivity contribution in [3.63, 3.8) is 0 Å². The second-order valence-corrected chi connectivity index (χ2v) is 4.68. The lowest BCUT2D eigenvalue weighted by atomic mass is 9.99. The van der Waals surface area contributed by atoms with Gasteiger partial charge in [0.15, 0.2) is 5.78 Å². The van der Waals surface area contributed by atoms with Crippen molar-refractivity contribution in [1.82, 2.24) is 0 Å². The van der Waals surface area contributed by atoms with Gasteiger partial charge in [0, 0.05) is 16.1 Å². The summed E-state index contributed by atoms with van der Waals surface area (Å²) < 4.78 is 13.2. The molecule has 0 N–H and O–H groups in total. The van der Waals surface area contributed by atoms with E-state index in [9.17, 15) is 9.18 Å². The third kappa shape index (κ3) is 2.40. The Bertz CT molecular complexity index is 619. The molecule has 2 aromatic rings. The number of hydrogen-bond donors (Lipinski definition) is 0. The first kappa shape index (κ1) is 13.1. The minimum Gasteiger partial charge on any atom is -0.289 e. The second kappa shape index (κ2) is 5.09. The molecule has 18 heavy (non-hydrogen) atoms. The molecule has 0 aromatic heterocycles.